The number of nitrogens with zero attached hydrogens (tertiary/aromatic N) is 1. The molecular formula is C13H20N2O2S. The Morgan fingerprint density at radius 1 is 1.50 bits per heavy atom. The van der Waals surface area contributed by atoms with Gasteiger partial charge in [0.15, 0.2) is 0 Å². The van der Waals surface area contributed by atoms with Crippen molar-refractivity contribution in [1.29, 1.82) is 0 Å². The van der Waals surface area contributed by atoms with Gasteiger partial charge in [0.1, 0.15) is 4.88 Å². The zero-order valence-electron chi connectivity index (χ0n) is 10.7. The molecule has 100 valence electrons. The smallest absolute Gasteiger partial charge is 0.348 e. The molecule has 0 saturated carbocycles. The summed E-state index contributed by atoms with van der Waals surface area (Å²) in [6.45, 7) is 5.12. The monoisotopic (exact) mass is 268 g/mol. The lowest BCUT2D eigenvalue weighted by atomic mass is 10.1. The number of thiophene rings is 1. The standard InChI is InChI=1S/C13H20N2O2S/c1-2-3-4-6-15-7-5-10-9(8-15)11(14)12(18-10)13(16)17/h2-8,14H2,1H3,(H,16,17). The van der Waals surface area contributed by atoms with E-state index in [1.807, 2.05) is 0 Å². The van der Waals surface area contributed by atoms with Crippen LogP contribution in [0.15, 0.2) is 0 Å². The number of aromatic carboxylic acids is 1. The predicted molar refractivity (Wildman–Crippen MR) is 74.2 cm³/mol. The van der Waals surface area contributed by atoms with Gasteiger partial charge in [0, 0.05) is 23.5 Å². The molecule has 2 rings (SSSR count). The molecule has 0 radical (unpaired) electrons. The third-order valence-corrected chi connectivity index (χ3v) is 4.74. The van der Waals surface area contributed by atoms with E-state index in [4.69, 9.17) is 10.8 Å². The molecule has 5 heteroatoms. The molecular weight excluding hydrogens is 248 g/mol. The Labute approximate surface area is 111 Å². The molecule has 1 aliphatic rings. The fourth-order valence-corrected chi connectivity index (χ4v) is 3.46. The lowest BCUT2D eigenvalue weighted by Gasteiger charge is -2.27. The SMILES string of the molecule is CCCCCN1CCc2sc(C(=O)O)c(N)c2C1. The molecule has 0 fully saturated rings. The van der Waals surface area contributed by atoms with Gasteiger partial charge in [0.2, 0.25) is 0 Å². The van der Waals surface area contributed by atoms with Crippen molar-refractivity contribution in [3.8, 4) is 0 Å². The molecule has 2 heterocycles. The topological polar surface area (TPSA) is 66.6 Å². The lowest BCUT2D eigenvalue weighted by Crippen LogP contribution is -2.30. The number of fused-ring (bicyclic) bond motifs is 1. The van der Waals surface area contributed by atoms with Crippen molar-refractivity contribution < 1.29 is 9.90 Å². The quantitative estimate of drug-likeness (QED) is 0.805. The number of carboxylic acid groups (broad SMARTS) is 1. The summed E-state index contributed by atoms with van der Waals surface area (Å²) in [4.78, 5) is 14.9. The first-order valence-corrected chi connectivity index (χ1v) is 7.30. The second-order valence-electron chi connectivity index (χ2n) is 4.78. The van der Waals surface area contributed by atoms with Gasteiger partial charge < -0.3 is 10.8 Å². The maximum absolute atomic E-state index is 11.0. The van der Waals surface area contributed by atoms with Crippen molar-refractivity contribution in [3.63, 3.8) is 0 Å². The number of carboxylic acids is 1. The highest BCUT2D eigenvalue weighted by Crippen LogP contribution is 2.35. The first kappa shape index (κ1) is 13.4. The number of hydrogen-bond acceptors (Lipinski definition) is 4. The Bertz CT molecular complexity index is 442. The number of anilines is 1. The Morgan fingerprint density at radius 3 is 2.94 bits per heavy atom. The van der Waals surface area contributed by atoms with E-state index < -0.39 is 5.97 Å². The van der Waals surface area contributed by atoms with E-state index >= 15 is 0 Å². The number of nitrogen functional groups attached to an aromatic ring is 1. The molecule has 3 N–H and O–H groups in total. The molecule has 1 aliphatic heterocycles. The first-order valence-electron chi connectivity index (χ1n) is 6.49. The second kappa shape index (κ2) is 5.71. The molecule has 0 aliphatic carbocycles. The third-order valence-electron chi connectivity index (χ3n) is 3.44. The number of rotatable bonds is 5. The summed E-state index contributed by atoms with van der Waals surface area (Å²) in [5, 5.41) is 9.07. The number of hydrogen-bond donors (Lipinski definition) is 2. The summed E-state index contributed by atoms with van der Waals surface area (Å²) in [5.41, 5.74) is 7.49. The van der Waals surface area contributed by atoms with E-state index in [1.54, 1.807) is 0 Å². The molecule has 0 saturated heterocycles. The molecule has 0 atom stereocenters. The summed E-state index contributed by atoms with van der Waals surface area (Å²) in [5.74, 6) is -0.899. The van der Waals surface area contributed by atoms with Crippen LogP contribution in [0, 0.1) is 0 Å². The fraction of sp³-hybridized carbons (Fsp3) is 0.615. The van der Waals surface area contributed by atoms with Gasteiger partial charge >= 0.3 is 5.97 Å². The van der Waals surface area contributed by atoms with Gasteiger partial charge in [-0.25, -0.2) is 4.79 Å². The van der Waals surface area contributed by atoms with E-state index in [-0.39, 0.29) is 0 Å². The van der Waals surface area contributed by atoms with Crippen molar-refractivity contribution in [2.75, 3.05) is 18.8 Å². The second-order valence-corrected chi connectivity index (χ2v) is 5.89. The Kier molecular flexibility index (Phi) is 4.24. The van der Waals surface area contributed by atoms with E-state index in [0.29, 0.717) is 10.6 Å². The van der Waals surface area contributed by atoms with E-state index in [0.717, 1.165) is 36.5 Å². The maximum Gasteiger partial charge on any atom is 0.348 e. The van der Waals surface area contributed by atoms with Crippen molar-refractivity contribution in [2.45, 2.75) is 39.2 Å². The van der Waals surface area contributed by atoms with Crippen LogP contribution >= 0.6 is 11.3 Å². The lowest BCUT2D eigenvalue weighted by molar-refractivity contribution is 0.0703. The summed E-state index contributed by atoms with van der Waals surface area (Å²) in [7, 11) is 0. The van der Waals surface area contributed by atoms with Gasteiger partial charge in [0.25, 0.3) is 0 Å². The van der Waals surface area contributed by atoms with Crippen LogP contribution in [-0.2, 0) is 13.0 Å². The largest absolute Gasteiger partial charge is 0.477 e. The predicted octanol–water partition coefficient (Wildman–Crippen LogP) is 2.58. The van der Waals surface area contributed by atoms with Gasteiger partial charge in [0.05, 0.1) is 5.69 Å². The molecule has 4 nitrogen and oxygen atoms in total. The number of carbonyl (C=O) groups is 1. The average molecular weight is 268 g/mol. The first-order chi connectivity index (χ1) is 8.63. The molecule has 1 aromatic heterocycles. The van der Waals surface area contributed by atoms with E-state index in [1.165, 1.54) is 30.6 Å². The maximum atomic E-state index is 11.0. The zero-order valence-corrected chi connectivity index (χ0v) is 11.6. The van der Waals surface area contributed by atoms with Gasteiger partial charge in [-0.2, -0.15) is 0 Å². The van der Waals surface area contributed by atoms with Crippen molar-refractivity contribution >= 4 is 23.0 Å². The van der Waals surface area contributed by atoms with Crippen molar-refractivity contribution in [3.05, 3.63) is 15.3 Å². The minimum Gasteiger partial charge on any atom is -0.477 e. The number of nitrogens with two attached hydrogens (primary N) is 1. The average Bonchev–Trinajstić information content (AvgIpc) is 2.67. The normalized spacial score (nSPS) is 15.6. The van der Waals surface area contributed by atoms with Crippen LogP contribution in [0.1, 0.15) is 46.3 Å². The zero-order chi connectivity index (χ0) is 13.1. The van der Waals surface area contributed by atoms with E-state index in [2.05, 4.69) is 11.8 Å². The number of unbranched alkanes of at least 4 members (excludes halogenated alkanes) is 2. The molecule has 0 amide bonds. The van der Waals surface area contributed by atoms with Gasteiger partial charge in [-0.3, -0.25) is 4.90 Å². The summed E-state index contributed by atoms with van der Waals surface area (Å²) >= 11 is 1.35. The highest BCUT2D eigenvalue weighted by atomic mass is 32.1. The van der Waals surface area contributed by atoms with Crippen LogP contribution in [0.3, 0.4) is 0 Å². The summed E-state index contributed by atoms with van der Waals surface area (Å²) in [6, 6.07) is 0. The third kappa shape index (κ3) is 2.67. The molecule has 1 aromatic rings. The summed E-state index contributed by atoms with van der Waals surface area (Å²) in [6.07, 6.45) is 4.62. The minimum absolute atomic E-state index is 0.315. The van der Waals surface area contributed by atoms with Gasteiger partial charge in [-0.05, 0) is 19.4 Å². The highest BCUT2D eigenvalue weighted by Gasteiger charge is 2.25. The van der Waals surface area contributed by atoms with E-state index in [9.17, 15) is 4.79 Å². The molecule has 0 aromatic carbocycles. The Hall–Kier alpha value is -1.07. The van der Waals surface area contributed by atoms with Crippen molar-refractivity contribution in [2.24, 2.45) is 0 Å². The van der Waals surface area contributed by atoms with Crippen LogP contribution in [0.5, 0.6) is 0 Å². The van der Waals surface area contributed by atoms with Crippen molar-refractivity contribution in [1.82, 2.24) is 4.90 Å². The minimum atomic E-state index is -0.899. The van der Waals surface area contributed by atoms with Gasteiger partial charge in [-0.15, -0.1) is 11.3 Å². The van der Waals surface area contributed by atoms with Crippen LogP contribution in [-0.4, -0.2) is 29.1 Å². The molecule has 0 spiro atoms. The summed E-state index contributed by atoms with van der Waals surface area (Å²) < 4.78 is 0. The molecule has 0 unspecified atom stereocenters. The van der Waals surface area contributed by atoms with Gasteiger partial charge in [-0.1, -0.05) is 19.8 Å². The molecule has 18 heavy (non-hydrogen) atoms. The fourth-order valence-electron chi connectivity index (χ4n) is 2.40. The Morgan fingerprint density at radius 2 is 2.28 bits per heavy atom. The van der Waals surface area contributed by atoms with Crippen LogP contribution in [0.4, 0.5) is 5.69 Å². The van der Waals surface area contributed by atoms with Crippen LogP contribution in [0.25, 0.3) is 0 Å². The van der Waals surface area contributed by atoms with Crippen LogP contribution in [0.2, 0.25) is 0 Å². The molecule has 0 bridgehead atoms. The Balaban J connectivity index is 2.06. The highest BCUT2D eigenvalue weighted by molar-refractivity contribution is 7.14. The van der Waals surface area contributed by atoms with Crippen LogP contribution < -0.4 is 5.73 Å².